The molecule has 0 radical (unpaired) electrons. The van der Waals surface area contributed by atoms with Gasteiger partial charge in [0.1, 0.15) is 53.5 Å². The van der Waals surface area contributed by atoms with E-state index in [1.54, 1.807) is 0 Å². The van der Waals surface area contributed by atoms with Crippen molar-refractivity contribution < 1.29 is 49.7 Å². The summed E-state index contributed by atoms with van der Waals surface area (Å²) in [6, 6.07) is 2.00. The molecule has 0 saturated carbocycles. The van der Waals surface area contributed by atoms with E-state index < -0.39 is 59.8 Å². The van der Waals surface area contributed by atoms with Gasteiger partial charge in [-0.05, 0) is 44.9 Å². The molecule has 0 aromatic heterocycles. The Balaban J connectivity index is 1.59. The number of nitrogens with zero attached hydrogens (tertiary/aromatic N) is 1. The summed E-state index contributed by atoms with van der Waals surface area (Å²) in [6.45, 7) is 4.19. The largest absolute Gasteiger partial charge is 0.508 e. The van der Waals surface area contributed by atoms with Crippen LogP contribution in [0.1, 0.15) is 43.5 Å². The van der Waals surface area contributed by atoms with E-state index in [4.69, 9.17) is 9.47 Å². The minimum atomic E-state index is -1.61. The zero-order valence-electron chi connectivity index (χ0n) is 22.3. The molecule has 12 nitrogen and oxygen atoms in total. The lowest BCUT2D eigenvalue weighted by Gasteiger charge is -2.44. The highest BCUT2D eigenvalue weighted by Gasteiger charge is 2.49. The maximum absolute atomic E-state index is 13.1. The normalized spacial score (nSPS) is 31.0. The number of phenolic OH excluding ortho intramolecular Hbond substituents is 2. The summed E-state index contributed by atoms with van der Waals surface area (Å²) in [5, 5.41) is 64.1. The fourth-order valence-electron chi connectivity index (χ4n) is 5.14. The van der Waals surface area contributed by atoms with Crippen LogP contribution in [-0.2, 0) is 14.3 Å². The first-order valence-corrected chi connectivity index (χ1v) is 14.2. The van der Waals surface area contributed by atoms with Crippen molar-refractivity contribution in [2.45, 2.75) is 81.1 Å². The van der Waals surface area contributed by atoms with Crippen molar-refractivity contribution in [2.75, 3.05) is 26.0 Å². The summed E-state index contributed by atoms with van der Waals surface area (Å²) in [4.78, 5) is 27.3. The molecular weight excluding hydrogens is 532 g/mol. The first-order valence-electron chi connectivity index (χ1n) is 13.1. The number of amides is 1. The van der Waals surface area contributed by atoms with Crippen molar-refractivity contribution in [3.05, 3.63) is 23.8 Å². The highest BCUT2D eigenvalue weighted by Crippen LogP contribution is 2.32. The van der Waals surface area contributed by atoms with E-state index in [0.29, 0.717) is 12.3 Å². The standard InChI is InChI=1S/C26H40N2O10S/c1-4-5-14-10-17(28(3)12-14)24(35)27-19(13(2)29)23-21(33)20(32)22(34)26(38-23)39-9-8-37-25(36)16-7-6-15(30)11-18(16)31/h6-7,11,13-14,17,19-23,26,29-34H,4-5,8-10,12H2,1-3H3,(H,27,35)/t13-,14-,17+,19-,20+,21-,22-,23-,26-/m1/s1. The molecule has 1 aromatic carbocycles. The zero-order valence-corrected chi connectivity index (χ0v) is 23.2. The number of hydrogen-bond donors (Lipinski definition) is 7. The molecule has 220 valence electrons. The quantitative estimate of drug-likeness (QED) is 0.137. The molecule has 9 atom stereocenters. The number of hydrogen-bond acceptors (Lipinski definition) is 12. The third-order valence-corrected chi connectivity index (χ3v) is 8.34. The van der Waals surface area contributed by atoms with Crippen molar-refractivity contribution in [3.63, 3.8) is 0 Å². The van der Waals surface area contributed by atoms with Crippen molar-refractivity contribution in [3.8, 4) is 11.5 Å². The predicted octanol–water partition coefficient (Wildman–Crippen LogP) is -0.219. The number of likely N-dealkylation sites (N-methyl/N-ethyl adjacent to an activating group) is 1. The van der Waals surface area contributed by atoms with E-state index in [-0.39, 0.29) is 29.6 Å². The number of thioether (sulfide) groups is 1. The van der Waals surface area contributed by atoms with Crippen LogP contribution in [0.4, 0.5) is 0 Å². The average molecular weight is 573 g/mol. The Morgan fingerprint density at radius 1 is 1.21 bits per heavy atom. The van der Waals surface area contributed by atoms with Gasteiger partial charge in [0.15, 0.2) is 0 Å². The number of aliphatic hydroxyl groups is 4. The molecule has 7 N–H and O–H groups in total. The van der Waals surface area contributed by atoms with Crippen molar-refractivity contribution in [1.29, 1.82) is 0 Å². The van der Waals surface area contributed by atoms with E-state index in [1.165, 1.54) is 19.1 Å². The van der Waals surface area contributed by atoms with Gasteiger partial charge in [0.2, 0.25) is 5.91 Å². The number of rotatable bonds is 11. The smallest absolute Gasteiger partial charge is 0.341 e. The first kappa shape index (κ1) is 31.4. The number of likely N-dealkylation sites (tertiary alicyclic amines) is 1. The topological polar surface area (TPSA) is 189 Å². The number of carbonyl (C=O) groups is 2. The first-order chi connectivity index (χ1) is 18.4. The predicted molar refractivity (Wildman–Crippen MR) is 142 cm³/mol. The molecule has 13 heteroatoms. The van der Waals surface area contributed by atoms with E-state index in [9.17, 15) is 40.2 Å². The minimum Gasteiger partial charge on any atom is -0.508 e. The molecule has 2 heterocycles. The Hall–Kier alpha value is -2.13. The molecular formula is C26H40N2O10S. The number of esters is 1. The number of benzene rings is 1. The molecule has 0 aliphatic carbocycles. The van der Waals surface area contributed by atoms with Crippen molar-refractivity contribution >= 4 is 23.6 Å². The Morgan fingerprint density at radius 3 is 2.56 bits per heavy atom. The van der Waals surface area contributed by atoms with Crippen LogP contribution in [0.25, 0.3) is 0 Å². The highest BCUT2D eigenvalue weighted by molar-refractivity contribution is 7.99. The molecule has 1 aromatic rings. The van der Waals surface area contributed by atoms with E-state index in [2.05, 4.69) is 12.2 Å². The summed E-state index contributed by atoms with van der Waals surface area (Å²) in [6.07, 6.45) is -4.34. The van der Waals surface area contributed by atoms with Crippen LogP contribution < -0.4 is 5.32 Å². The lowest BCUT2D eigenvalue weighted by molar-refractivity contribution is -0.211. The van der Waals surface area contributed by atoms with Gasteiger partial charge in [-0.1, -0.05) is 13.3 Å². The summed E-state index contributed by atoms with van der Waals surface area (Å²) < 4.78 is 11.0. The van der Waals surface area contributed by atoms with E-state index >= 15 is 0 Å². The Labute approximate surface area is 231 Å². The summed E-state index contributed by atoms with van der Waals surface area (Å²) in [7, 11) is 1.87. The lowest BCUT2D eigenvalue weighted by atomic mass is 9.92. The third kappa shape index (κ3) is 7.75. The van der Waals surface area contributed by atoms with Crippen LogP contribution in [0.3, 0.4) is 0 Å². The highest BCUT2D eigenvalue weighted by atomic mass is 32.2. The second-order valence-corrected chi connectivity index (χ2v) is 11.5. The number of carbonyl (C=O) groups excluding carboxylic acids is 2. The molecule has 39 heavy (non-hydrogen) atoms. The average Bonchev–Trinajstić information content (AvgIpc) is 3.25. The van der Waals surface area contributed by atoms with Gasteiger partial charge < -0.3 is 45.4 Å². The number of aromatic hydroxyl groups is 2. The maximum atomic E-state index is 13.1. The van der Waals surface area contributed by atoms with Crippen LogP contribution in [0.2, 0.25) is 0 Å². The van der Waals surface area contributed by atoms with Crippen LogP contribution >= 0.6 is 11.8 Å². The van der Waals surface area contributed by atoms with Gasteiger partial charge in [-0.25, -0.2) is 4.79 Å². The molecule has 2 aliphatic rings. The Kier molecular flexibility index (Phi) is 11.2. The number of nitrogens with one attached hydrogen (secondary N) is 1. The number of phenols is 2. The van der Waals surface area contributed by atoms with Gasteiger partial charge in [0, 0.05) is 18.4 Å². The Bertz CT molecular complexity index is 982. The van der Waals surface area contributed by atoms with E-state index in [1.807, 2.05) is 11.9 Å². The molecule has 1 amide bonds. The lowest BCUT2D eigenvalue weighted by Crippen LogP contribution is -2.65. The van der Waals surface area contributed by atoms with Crippen LogP contribution in [0, 0.1) is 5.92 Å². The van der Waals surface area contributed by atoms with Gasteiger partial charge in [0.05, 0.1) is 18.2 Å². The molecule has 2 saturated heterocycles. The third-order valence-electron chi connectivity index (χ3n) is 7.22. The van der Waals surface area contributed by atoms with E-state index in [0.717, 1.165) is 37.2 Å². The van der Waals surface area contributed by atoms with Crippen molar-refractivity contribution in [2.24, 2.45) is 5.92 Å². The molecule has 2 aliphatic heterocycles. The van der Waals surface area contributed by atoms with Gasteiger partial charge in [0.25, 0.3) is 0 Å². The fourth-order valence-corrected chi connectivity index (χ4v) is 6.12. The summed E-state index contributed by atoms with van der Waals surface area (Å²) in [5.74, 6) is -1.26. The number of aliphatic hydroxyl groups excluding tert-OH is 4. The van der Waals surface area contributed by atoms with Crippen LogP contribution in [-0.4, -0.2) is 121 Å². The summed E-state index contributed by atoms with van der Waals surface area (Å²) >= 11 is 1.01. The van der Waals surface area contributed by atoms with Gasteiger partial charge in [-0.2, -0.15) is 0 Å². The second-order valence-electron chi connectivity index (χ2n) is 10.3. The molecule has 0 spiro atoms. The van der Waals surface area contributed by atoms with Crippen molar-refractivity contribution in [1.82, 2.24) is 10.2 Å². The molecule has 2 fully saturated rings. The fraction of sp³-hybridized carbons (Fsp3) is 0.692. The van der Waals surface area contributed by atoms with Crippen LogP contribution in [0.15, 0.2) is 18.2 Å². The summed E-state index contributed by atoms with van der Waals surface area (Å²) in [5.41, 5.74) is -1.19. The zero-order chi connectivity index (χ0) is 28.9. The Morgan fingerprint density at radius 2 is 1.92 bits per heavy atom. The van der Waals surface area contributed by atoms with Gasteiger partial charge in [-0.15, -0.1) is 11.8 Å². The van der Waals surface area contributed by atoms with Crippen LogP contribution in [0.5, 0.6) is 11.5 Å². The van der Waals surface area contributed by atoms with Gasteiger partial charge in [-0.3, -0.25) is 9.69 Å². The monoisotopic (exact) mass is 572 g/mol. The minimum absolute atomic E-state index is 0.124. The molecule has 0 unspecified atom stereocenters. The second kappa shape index (κ2) is 14.0. The maximum Gasteiger partial charge on any atom is 0.341 e. The molecule has 0 bridgehead atoms. The SMILES string of the molecule is CCC[C@@H]1C[C@@H](C(=O)N[C@@H]([C@H]2O[C@H](SCCOC(=O)c3ccc(O)cc3O)[C@H](O)[C@@H](O)[C@H]2O)[C@@H](C)O)N(C)C1. The molecule has 3 rings (SSSR count). The number of ether oxygens (including phenoxy) is 2. The van der Waals surface area contributed by atoms with Gasteiger partial charge >= 0.3 is 5.97 Å².